The molecule has 0 atom stereocenters. The van der Waals surface area contributed by atoms with E-state index >= 15 is 0 Å². The van der Waals surface area contributed by atoms with Gasteiger partial charge in [0.1, 0.15) is 17.2 Å². The van der Waals surface area contributed by atoms with E-state index in [0.29, 0.717) is 11.4 Å². The van der Waals surface area contributed by atoms with Crippen LogP contribution >= 0.6 is 15.9 Å². The number of ether oxygens (including phenoxy) is 2. The van der Waals surface area contributed by atoms with Crippen molar-refractivity contribution in [1.82, 2.24) is 4.98 Å². The second-order valence-corrected chi connectivity index (χ2v) is 6.21. The number of nitrogens with one attached hydrogen (secondary N) is 2. The first-order valence-electron chi connectivity index (χ1n) is 7.74. The minimum atomic E-state index is -0.600. The molecule has 132 valence electrons. The van der Waals surface area contributed by atoms with E-state index in [0.717, 1.165) is 10.2 Å². The predicted octanol–water partition coefficient (Wildman–Crippen LogP) is 4.37. The lowest BCUT2D eigenvalue weighted by Crippen LogP contribution is -2.21. The molecule has 6 nitrogen and oxygen atoms in total. The molecule has 0 aliphatic carbocycles. The maximum absolute atomic E-state index is 11.9. The van der Waals surface area contributed by atoms with Gasteiger partial charge in [0.05, 0.1) is 0 Å². The number of carbonyl (C=O) groups is 2. The molecule has 3 aromatic rings. The number of anilines is 1. The van der Waals surface area contributed by atoms with Crippen molar-refractivity contribution in [2.75, 3.05) is 11.9 Å². The zero-order valence-corrected chi connectivity index (χ0v) is 15.2. The Morgan fingerprint density at radius 1 is 1.00 bits per heavy atom. The Balaban J connectivity index is 1.49. The summed E-state index contributed by atoms with van der Waals surface area (Å²) >= 11 is 3.22. The summed E-state index contributed by atoms with van der Waals surface area (Å²) in [5, 5.41) is 2.65. The van der Waals surface area contributed by atoms with Gasteiger partial charge in [-0.25, -0.2) is 4.79 Å². The molecule has 0 spiro atoms. The van der Waals surface area contributed by atoms with Crippen molar-refractivity contribution in [2.45, 2.75) is 0 Å². The number of rotatable bonds is 6. The molecule has 1 heterocycles. The monoisotopic (exact) mass is 414 g/mol. The van der Waals surface area contributed by atoms with E-state index in [-0.39, 0.29) is 12.3 Å². The summed E-state index contributed by atoms with van der Waals surface area (Å²) < 4.78 is 11.4. The number of carbonyl (C=O) groups excluding carboxylic acids is 2. The van der Waals surface area contributed by atoms with Crippen LogP contribution in [0, 0.1) is 0 Å². The van der Waals surface area contributed by atoms with Crippen LogP contribution in [-0.2, 0) is 9.53 Å². The third kappa shape index (κ3) is 4.97. The highest BCUT2D eigenvalue weighted by molar-refractivity contribution is 9.10. The van der Waals surface area contributed by atoms with Gasteiger partial charge in [0.2, 0.25) is 0 Å². The van der Waals surface area contributed by atoms with Gasteiger partial charge in [-0.2, -0.15) is 0 Å². The molecule has 0 saturated carbocycles. The summed E-state index contributed by atoms with van der Waals surface area (Å²) in [5.41, 5.74) is 0.848. The number of aromatic amines is 1. The number of aromatic nitrogens is 1. The van der Waals surface area contributed by atoms with Crippen molar-refractivity contribution in [3.05, 3.63) is 77.0 Å². The number of hydrogen-bond acceptors (Lipinski definition) is 4. The standard InChI is InChI=1S/C19H15BrN2O4/c20-13-10-17(21-11-13)19(24)25-12-18(23)22-14-6-8-16(9-7-14)26-15-4-2-1-3-5-15/h1-11,21H,12H2,(H,22,23). The maximum atomic E-state index is 11.9. The average molecular weight is 415 g/mol. The lowest BCUT2D eigenvalue weighted by Gasteiger charge is -2.08. The van der Waals surface area contributed by atoms with E-state index in [4.69, 9.17) is 9.47 Å². The Labute approximate surface area is 158 Å². The Morgan fingerprint density at radius 2 is 1.69 bits per heavy atom. The van der Waals surface area contributed by atoms with Crippen LogP contribution in [-0.4, -0.2) is 23.5 Å². The van der Waals surface area contributed by atoms with Gasteiger partial charge in [0, 0.05) is 16.4 Å². The highest BCUT2D eigenvalue weighted by Crippen LogP contribution is 2.22. The smallest absolute Gasteiger partial charge is 0.355 e. The van der Waals surface area contributed by atoms with Crippen LogP contribution in [0.5, 0.6) is 11.5 Å². The normalized spacial score (nSPS) is 10.2. The summed E-state index contributed by atoms with van der Waals surface area (Å²) in [6, 6.07) is 17.9. The molecule has 1 aromatic heterocycles. The van der Waals surface area contributed by atoms with Crippen LogP contribution in [0.15, 0.2) is 71.3 Å². The molecule has 0 bridgehead atoms. The van der Waals surface area contributed by atoms with Crippen molar-refractivity contribution in [1.29, 1.82) is 0 Å². The number of hydrogen-bond donors (Lipinski definition) is 2. The minimum Gasteiger partial charge on any atom is -0.457 e. The molecular weight excluding hydrogens is 400 g/mol. The molecular formula is C19H15BrN2O4. The van der Waals surface area contributed by atoms with Gasteiger partial charge < -0.3 is 19.8 Å². The molecule has 0 unspecified atom stereocenters. The Morgan fingerprint density at radius 3 is 2.35 bits per heavy atom. The molecule has 26 heavy (non-hydrogen) atoms. The van der Waals surface area contributed by atoms with E-state index < -0.39 is 11.9 Å². The van der Waals surface area contributed by atoms with Gasteiger partial charge in [-0.15, -0.1) is 0 Å². The van der Waals surface area contributed by atoms with E-state index in [9.17, 15) is 9.59 Å². The van der Waals surface area contributed by atoms with Crippen molar-refractivity contribution >= 4 is 33.5 Å². The van der Waals surface area contributed by atoms with E-state index in [2.05, 4.69) is 26.2 Å². The summed E-state index contributed by atoms with van der Waals surface area (Å²) in [6.45, 7) is -0.377. The van der Waals surface area contributed by atoms with Crippen molar-refractivity contribution in [3.63, 3.8) is 0 Å². The SMILES string of the molecule is O=C(COC(=O)c1cc(Br)c[nH]1)Nc1ccc(Oc2ccccc2)cc1. The third-order valence-corrected chi connectivity index (χ3v) is 3.78. The molecule has 3 rings (SSSR count). The zero-order valence-electron chi connectivity index (χ0n) is 13.6. The van der Waals surface area contributed by atoms with Crippen molar-refractivity contribution < 1.29 is 19.1 Å². The van der Waals surface area contributed by atoms with Crippen LogP contribution in [0.1, 0.15) is 10.5 Å². The quantitative estimate of drug-likeness (QED) is 0.587. The Hall–Kier alpha value is -3.06. The van der Waals surface area contributed by atoms with E-state index in [1.165, 1.54) is 0 Å². The summed E-state index contributed by atoms with van der Waals surface area (Å²) in [4.78, 5) is 26.4. The van der Waals surface area contributed by atoms with Crippen LogP contribution in [0.25, 0.3) is 0 Å². The largest absolute Gasteiger partial charge is 0.457 e. The molecule has 7 heteroatoms. The van der Waals surface area contributed by atoms with E-state index in [1.807, 2.05) is 30.3 Å². The zero-order chi connectivity index (χ0) is 18.4. The number of H-pyrrole nitrogens is 1. The number of halogens is 1. The van der Waals surface area contributed by atoms with Gasteiger partial charge in [-0.05, 0) is 58.4 Å². The topological polar surface area (TPSA) is 80.4 Å². The molecule has 0 saturated heterocycles. The molecule has 0 radical (unpaired) electrons. The van der Waals surface area contributed by atoms with Crippen LogP contribution in [0.3, 0.4) is 0 Å². The summed E-state index contributed by atoms with van der Waals surface area (Å²) in [6.07, 6.45) is 1.61. The fraction of sp³-hybridized carbons (Fsp3) is 0.0526. The Bertz CT molecular complexity index is 891. The molecule has 2 aromatic carbocycles. The number of esters is 1. The minimum absolute atomic E-state index is 0.270. The summed E-state index contributed by atoms with van der Waals surface area (Å²) in [5.74, 6) is 0.350. The maximum Gasteiger partial charge on any atom is 0.355 e. The fourth-order valence-electron chi connectivity index (χ4n) is 2.12. The molecule has 2 N–H and O–H groups in total. The first-order chi connectivity index (χ1) is 12.6. The highest BCUT2D eigenvalue weighted by atomic mass is 79.9. The number of benzene rings is 2. The summed E-state index contributed by atoms with van der Waals surface area (Å²) in [7, 11) is 0. The van der Waals surface area contributed by atoms with Gasteiger partial charge in [0.25, 0.3) is 5.91 Å². The van der Waals surface area contributed by atoms with Gasteiger partial charge in [-0.1, -0.05) is 18.2 Å². The van der Waals surface area contributed by atoms with Crippen LogP contribution < -0.4 is 10.1 Å². The lowest BCUT2D eigenvalue weighted by atomic mass is 10.3. The molecule has 0 aliphatic rings. The number of amides is 1. The average Bonchev–Trinajstić information content (AvgIpc) is 3.09. The molecule has 0 fully saturated rings. The number of para-hydroxylation sites is 1. The Kier molecular flexibility index (Phi) is 5.70. The van der Waals surface area contributed by atoms with Crippen molar-refractivity contribution in [3.8, 4) is 11.5 Å². The van der Waals surface area contributed by atoms with Crippen LogP contribution in [0.4, 0.5) is 5.69 Å². The molecule has 1 amide bonds. The first-order valence-corrected chi connectivity index (χ1v) is 8.53. The highest BCUT2D eigenvalue weighted by Gasteiger charge is 2.12. The second-order valence-electron chi connectivity index (χ2n) is 5.30. The van der Waals surface area contributed by atoms with Gasteiger partial charge in [0.15, 0.2) is 6.61 Å². The fourth-order valence-corrected chi connectivity index (χ4v) is 2.47. The second kappa shape index (κ2) is 8.35. The van der Waals surface area contributed by atoms with Crippen LogP contribution in [0.2, 0.25) is 0 Å². The molecule has 0 aliphatic heterocycles. The van der Waals surface area contributed by atoms with Gasteiger partial charge >= 0.3 is 5.97 Å². The lowest BCUT2D eigenvalue weighted by molar-refractivity contribution is -0.119. The first kappa shape index (κ1) is 17.8. The van der Waals surface area contributed by atoms with Crippen molar-refractivity contribution in [2.24, 2.45) is 0 Å². The van der Waals surface area contributed by atoms with Gasteiger partial charge in [-0.3, -0.25) is 4.79 Å². The predicted molar refractivity (Wildman–Crippen MR) is 100 cm³/mol. The third-order valence-electron chi connectivity index (χ3n) is 3.32. The van der Waals surface area contributed by atoms with E-state index in [1.54, 1.807) is 36.5 Å².